The summed E-state index contributed by atoms with van der Waals surface area (Å²) >= 11 is 11.8. The molecule has 1 aromatic rings. The number of hydrogen-bond acceptors (Lipinski definition) is 2. The van der Waals surface area contributed by atoms with Gasteiger partial charge in [-0.15, -0.1) is 0 Å². The largest absolute Gasteiger partial charge is 0.387 e. The molecule has 0 bridgehead atoms. The zero-order valence-electron chi connectivity index (χ0n) is 7.22. The Bertz CT molecular complexity index is 315. The van der Waals surface area contributed by atoms with E-state index < -0.39 is 6.10 Å². The first-order valence-corrected chi connectivity index (χ1v) is 4.66. The summed E-state index contributed by atoms with van der Waals surface area (Å²) in [6.07, 6.45) is -0.719. The molecule has 0 aliphatic heterocycles. The van der Waals surface area contributed by atoms with Gasteiger partial charge in [0.1, 0.15) is 0 Å². The third kappa shape index (κ3) is 2.15. The molecule has 1 rings (SSSR count). The minimum absolute atomic E-state index is 0.154. The van der Waals surface area contributed by atoms with Gasteiger partial charge in [-0.25, -0.2) is 0 Å². The molecule has 0 heterocycles. The van der Waals surface area contributed by atoms with E-state index in [1.165, 1.54) is 0 Å². The second kappa shape index (κ2) is 4.29. The molecule has 0 aliphatic rings. The lowest BCUT2D eigenvalue weighted by atomic mass is 10.1. The average molecular weight is 220 g/mol. The van der Waals surface area contributed by atoms with E-state index in [4.69, 9.17) is 28.9 Å². The molecule has 1 aromatic carbocycles. The van der Waals surface area contributed by atoms with Crippen molar-refractivity contribution in [2.75, 3.05) is 6.54 Å². The number of benzene rings is 1. The molecule has 3 N–H and O–H groups in total. The molecule has 0 saturated carbocycles. The third-order valence-corrected chi connectivity index (χ3v) is 2.84. The van der Waals surface area contributed by atoms with E-state index in [0.717, 1.165) is 5.56 Å². The van der Waals surface area contributed by atoms with Gasteiger partial charge in [0, 0.05) is 17.1 Å². The molecule has 0 saturated heterocycles. The lowest BCUT2D eigenvalue weighted by Crippen LogP contribution is -2.12. The Kier molecular flexibility index (Phi) is 3.56. The normalized spacial score (nSPS) is 13.0. The SMILES string of the molecule is Cc1c(Cl)ccc([C@H](O)CN)c1Cl. The molecule has 0 amide bonds. The molecule has 0 unspecified atom stereocenters. The quantitative estimate of drug-likeness (QED) is 0.803. The molecule has 0 aliphatic carbocycles. The van der Waals surface area contributed by atoms with Crippen molar-refractivity contribution in [3.63, 3.8) is 0 Å². The Labute approximate surface area is 87.3 Å². The van der Waals surface area contributed by atoms with Crippen LogP contribution in [0.3, 0.4) is 0 Å². The van der Waals surface area contributed by atoms with Crippen LogP contribution in [0, 0.1) is 6.92 Å². The van der Waals surface area contributed by atoms with Crippen LogP contribution in [0.1, 0.15) is 17.2 Å². The van der Waals surface area contributed by atoms with Gasteiger partial charge < -0.3 is 10.8 Å². The molecule has 72 valence electrons. The predicted molar refractivity (Wildman–Crippen MR) is 55.2 cm³/mol. The maximum absolute atomic E-state index is 9.47. The minimum atomic E-state index is -0.719. The number of hydrogen-bond donors (Lipinski definition) is 2. The Hall–Kier alpha value is -0.280. The first kappa shape index (κ1) is 10.8. The monoisotopic (exact) mass is 219 g/mol. The summed E-state index contributed by atoms with van der Waals surface area (Å²) in [7, 11) is 0. The fraction of sp³-hybridized carbons (Fsp3) is 0.333. The van der Waals surface area contributed by atoms with Crippen molar-refractivity contribution in [2.24, 2.45) is 5.73 Å². The molecule has 0 aromatic heterocycles. The van der Waals surface area contributed by atoms with Gasteiger partial charge in [0.15, 0.2) is 0 Å². The van der Waals surface area contributed by atoms with Crippen LogP contribution < -0.4 is 5.73 Å². The van der Waals surface area contributed by atoms with E-state index in [1.807, 2.05) is 0 Å². The van der Waals surface area contributed by atoms with Crippen LogP contribution in [-0.2, 0) is 0 Å². The molecule has 0 fully saturated rings. The van der Waals surface area contributed by atoms with Crippen molar-refractivity contribution < 1.29 is 5.11 Å². The number of rotatable bonds is 2. The van der Waals surface area contributed by atoms with Gasteiger partial charge in [0.05, 0.1) is 11.1 Å². The van der Waals surface area contributed by atoms with Crippen molar-refractivity contribution in [3.05, 3.63) is 33.3 Å². The minimum Gasteiger partial charge on any atom is -0.387 e. The van der Waals surface area contributed by atoms with E-state index in [0.29, 0.717) is 15.6 Å². The molecule has 0 spiro atoms. The highest BCUT2D eigenvalue weighted by atomic mass is 35.5. The van der Waals surface area contributed by atoms with Gasteiger partial charge in [-0.1, -0.05) is 29.3 Å². The summed E-state index contributed by atoms with van der Waals surface area (Å²) in [5.41, 5.74) is 6.72. The molecule has 13 heavy (non-hydrogen) atoms. The van der Waals surface area contributed by atoms with Gasteiger partial charge >= 0.3 is 0 Å². The van der Waals surface area contributed by atoms with E-state index >= 15 is 0 Å². The molecule has 4 heteroatoms. The van der Waals surface area contributed by atoms with Gasteiger partial charge in [-0.05, 0) is 18.6 Å². The van der Waals surface area contributed by atoms with Gasteiger partial charge in [0.25, 0.3) is 0 Å². The number of halogens is 2. The molecule has 1 atom stereocenters. The maximum Gasteiger partial charge on any atom is 0.0926 e. The second-order valence-corrected chi connectivity index (χ2v) is 3.61. The Balaban J connectivity index is 3.18. The van der Waals surface area contributed by atoms with Crippen molar-refractivity contribution >= 4 is 23.2 Å². The van der Waals surface area contributed by atoms with Gasteiger partial charge in [-0.2, -0.15) is 0 Å². The maximum atomic E-state index is 9.47. The molecule has 0 radical (unpaired) electrons. The predicted octanol–water partition coefficient (Wildman–Crippen LogP) is 2.29. The van der Waals surface area contributed by atoms with Crippen LogP contribution in [-0.4, -0.2) is 11.7 Å². The zero-order chi connectivity index (χ0) is 10.0. The zero-order valence-corrected chi connectivity index (χ0v) is 8.73. The fourth-order valence-electron chi connectivity index (χ4n) is 1.07. The topological polar surface area (TPSA) is 46.2 Å². The summed E-state index contributed by atoms with van der Waals surface area (Å²) in [5, 5.41) is 10.6. The van der Waals surface area contributed by atoms with Gasteiger partial charge in [-0.3, -0.25) is 0 Å². The Morgan fingerprint density at radius 3 is 2.62 bits per heavy atom. The summed E-state index contributed by atoms with van der Waals surface area (Å²) in [6, 6.07) is 3.40. The first-order chi connectivity index (χ1) is 6.07. The van der Waals surface area contributed by atoms with E-state index in [1.54, 1.807) is 19.1 Å². The van der Waals surface area contributed by atoms with Crippen LogP contribution in [0.2, 0.25) is 10.0 Å². The van der Waals surface area contributed by atoms with Gasteiger partial charge in [0.2, 0.25) is 0 Å². The van der Waals surface area contributed by atoms with Crippen LogP contribution in [0.25, 0.3) is 0 Å². The Morgan fingerprint density at radius 2 is 2.08 bits per heavy atom. The van der Waals surface area contributed by atoms with Crippen molar-refractivity contribution in [1.29, 1.82) is 0 Å². The number of nitrogens with two attached hydrogens (primary N) is 1. The average Bonchev–Trinajstić information content (AvgIpc) is 2.13. The lowest BCUT2D eigenvalue weighted by Gasteiger charge is -2.12. The second-order valence-electron chi connectivity index (χ2n) is 2.83. The standard InChI is InChI=1S/C9H11Cl2NO/c1-5-7(10)3-2-6(9(5)11)8(13)4-12/h2-3,8,13H,4,12H2,1H3/t8-/m1/s1. The highest BCUT2D eigenvalue weighted by Gasteiger charge is 2.12. The van der Waals surface area contributed by atoms with Crippen molar-refractivity contribution in [2.45, 2.75) is 13.0 Å². The third-order valence-electron chi connectivity index (χ3n) is 1.93. The highest BCUT2D eigenvalue weighted by molar-refractivity contribution is 6.36. The fourth-order valence-corrected chi connectivity index (χ4v) is 1.56. The first-order valence-electron chi connectivity index (χ1n) is 3.90. The summed E-state index contributed by atoms with van der Waals surface area (Å²) in [6.45, 7) is 1.96. The van der Waals surface area contributed by atoms with Crippen LogP contribution >= 0.6 is 23.2 Å². The van der Waals surface area contributed by atoms with Crippen molar-refractivity contribution in [1.82, 2.24) is 0 Å². The summed E-state index contributed by atoms with van der Waals surface area (Å²) < 4.78 is 0. The highest BCUT2D eigenvalue weighted by Crippen LogP contribution is 2.30. The molecular weight excluding hydrogens is 209 g/mol. The smallest absolute Gasteiger partial charge is 0.0926 e. The molecule has 2 nitrogen and oxygen atoms in total. The number of aliphatic hydroxyl groups excluding tert-OH is 1. The van der Waals surface area contributed by atoms with E-state index in [9.17, 15) is 5.11 Å². The summed E-state index contributed by atoms with van der Waals surface area (Å²) in [4.78, 5) is 0. The molecular formula is C9H11Cl2NO. The Morgan fingerprint density at radius 1 is 1.46 bits per heavy atom. The number of aliphatic hydroxyl groups is 1. The van der Waals surface area contributed by atoms with Crippen LogP contribution in [0.15, 0.2) is 12.1 Å². The summed E-state index contributed by atoms with van der Waals surface area (Å²) in [5.74, 6) is 0. The lowest BCUT2D eigenvalue weighted by molar-refractivity contribution is 0.187. The van der Waals surface area contributed by atoms with Crippen molar-refractivity contribution in [3.8, 4) is 0 Å². The van der Waals surface area contributed by atoms with E-state index in [2.05, 4.69) is 0 Å². The van der Waals surface area contributed by atoms with Crippen LogP contribution in [0.5, 0.6) is 0 Å². The van der Waals surface area contributed by atoms with E-state index in [-0.39, 0.29) is 6.54 Å². The van der Waals surface area contributed by atoms with Crippen LogP contribution in [0.4, 0.5) is 0 Å².